The molecular weight excluding hydrogens is 332 g/mol. The molecule has 0 aromatic rings. The number of carbonyl (C=O) groups is 3. The van der Waals surface area contributed by atoms with E-state index in [1.807, 2.05) is 0 Å². The Morgan fingerprint density at radius 2 is 2.04 bits per heavy atom. The molecule has 2 saturated carbocycles. The van der Waals surface area contributed by atoms with Gasteiger partial charge in [0.25, 0.3) is 0 Å². The molecule has 2 aliphatic carbocycles. The number of rotatable bonds is 2. The molecule has 0 radical (unpaired) electrons. The largest absolute Gasteiger partial charge is 0.466 e. The Balaban J connectivity index is 1.84. The first-order valence-electron chi connectivity index (χ1n) is 9.35. The summed E-state index contributed by atoms with van der Waals surface area (Å²) in [5, 5.41) is 3.22. The first kappa shape index (κ1) is 17.3. The van der Waals surface area contributed by atoms with Gasteiger partial charge in [0.1, 0.15) is 0 Å². The summed E-state index contributed by atoms with van der Waals surface area (Å²) in [5.41, 5.74) is 0.830. The first-order chi connectivity index (χ1) is 12.2. The number of ketones is 1. The number of methoxy groups -OCH3 is 1. The van der Waals surface area contributed by atoms with Crippen LogP contribution < -0.4 is 5.32 Å². The van der Waals surface area contributed by atoms with Crippen molar-refractivity contribution in [2.45, 2.75) is 57.5 Å². The number of fused-ring (bicyclic) bond motifs is 5. The van der Waals surface area contributed by atoms with E-state index in [4.69, 9.17) is 4.74 Å². The molecule has 0 aromatic carbocycles. The van der Waals surface area contributed by atoms with Crippen LogP contribution >= 0.6 is 0 Å². The van der Waals surface area contributed by atoms with Gasteiger partial charge in [-0.3, -0.25) is 9.59 Å². The number of piperidine rings is 1. The fourth-order valence-corrected chi connectivity index (χ4v) is 6.04. The zero-order valence-electron chi connectivity index (χ0n) is 15.8. The SMILES string of the molecule is COC(=O)C=C1C(=O)C=C2C3CC4CC(CCC4(C)N12)C3(C)NC(C)=O. The smallest absolute Gasteiger partial charge is 0.332 e. The Hall–Kier alpha value is -2.11. The number of nitrogens with zero attached hydrogens (tertiary/aromatic N) is 1. The summed E-state index contributed by atoms with van der Waals surface area (Å²) in [4.78, 5) is 38.6. The van der Waals surface area contributed by atoms with E-state index in [1.54, 1.807) is 13.0 Å². The van der Waals surface area contributed by atoms with Gasteiger partial charge in [0.2, 0.25) is 11.7 Å². The fraction of sp³-hybridized carbons (Fsp3) is 0.650. The van der Waals surface area contributed by atoms with Crippen LogP contribution in [0.3, 0.4) is 0 Å². The number of hydrogen-bond acceptors (Lipinski definition) is 5. The van der Waals surface area contributed by atoms with Gasteiger partial charge < -0.3 is 15.0 Å². The van der Waals surface area contributed by atoms with Crippen LogP contribution in [0, 0.1) is 17.8 Å². The third-order valence-electron chi connectivity index (χ3n) is 7.34. The van der Waals surface area contributed by atoms with Gasteiger partial charge in [0.05, 0.1) is 18.9 Å². The molecule has 0 spiro atoms. The summed E-state index contributed by atoms with van der Waals surface area (Å²) in [6, 6.07) is 0. The Labute approximate surface area is 153 Å². The van der Waals surface area contributed by atoms with E-state index in [0.29, 0.717) is 17.5 Å². The number of ether oxygens (including phenoxy) is 1. The molecule has 6 heteroatoms. The summed E-state index contributed by atoms with van der Waals surface area (Å²) in [5.74, 6) is 0.239. The molecule has 1 saturated heterocycles. The van der Waals surface area contributed by atoms with Gasteiger partial charge in [-0.2, -0.15) is 0 Å². The molecule has 0 aromatic heterocycles. The number of allylic oxidation sites excluding steroid dienone is 1. The molecule has 3 fully saturated rings. The van der Waals surface area contributed by atoms with Crippen LogP contribution in [0.4, 0.5) is 0 Å². The molecule has 26 heavy (non-hydrogen) atoms. The summed E-state index contributed by atoms with van der Waals surface area (Å²) in [7, 11) is 1.32. The molecular formula is C20H26N2O4. The lowest BCUT2D eigenvalue weighted by Crippen LogP contribution is -2.70. The van der Waals surface area contributed by atoms with E-state index >= 15 is 0 Å². The minimum atomic E-state index is -0.513. The van der Waals surface area contributed by atoms with Crippen molar-refractivity contribution in [1.29, 1.82) is 0 Å². The van der Waals surface area contributed by atoms with Crippen molar-refractivity contribution in [1.82, 2.24) is 10.2 Å². The molecule has 5 unspecified atom stereocenters. The highest BCUT2D eigenvalue weighted by atomic mass is 16.5. The van der Waals surface area contributed by atoms with E-state index < -0.39 is 5.97 Å². The maximum absolute atomic E-state index is 12.7. The van der Waals surface area contributed by atoms with Gasteiger partial charge in [-0.05, 0) is 51.4 Å². The number of esters is 1. The van der Waals surface area contributed by atoms with Gasteiger partial charge >= 0.3 is 5.97 Å². The fourth-order valence-electron chi connectivity index (χ4n) is 6.04. The van der Waals surface area contributed by atoms with Crippen molar-refractivity contribution < 1.29 is 19.1 Å². The van der Waals surface area contributed by atoms with Crippen molar-refractivity contribution >= 4 is 17.7 Å². The molecule has 1 amide bonds. The molecule has 5 atom stereocenters. The number of amides is 1. The van der Waals surface area contributed by atoms with E-state index in [2.05, 4.69) is 24.1 Å². The van der Waals surface area contributed by atoms with E-state index in [-0.39, 0.29) is 28.7 Å². The first-order valence-corrected chi connectivity index (χ1v) is 9.35. The average molecular weight is 358 g/mol. The maximum Gasteiger partial charge on any atom is 0.332 e. The summed E-state index contributed by atoms with van der Waals surface area (Å²) in [6.07, 6.45) is 6.93. The highest BCUT2D eigenvalue weighted by molar-refractivity contribution is 6.10. The van der Waals surface area contributed by atoms with Crippen molar-refractivity contribution in [3.8, 4) is 0 Å². The lowest BCUT2D eigenvalue weighted by atomic mass is 9.50. The Morgan fingerprint density at radius 3 is 2.69 bits per heavy atom. The summed E-state index contributed by atoms with van der Waals surface area (Å²) in [6.45, 7) is 5.89. The second kappa shape index (κ2) is 5.44. The van der Waals surface area contributed by atoms with Crippen LogP contribution in [0.5, 0.6) is 0 Å². The third kappa shape index (κ3) is 2.14. The van der Waals surface area contributed by atoms with Crippen LogP contribution in [-0.4, -0.2) is 40.7 Å². The molecule has 4 rings (SSSR count). The van der Waals surface area contributed by atoms with Crippen LogP contribution in [0.25, 0.3) is 0 Å². The summed E-state index contributed by atoms with van der Waals surface area (Å²) >= 11 is 0. The van der Waals surface area contributed by atoms with Crippen LogP contribution in [0.1, 0.15) is 46.5 Å². The van der Waals surface area contributed by atoms with E-state index in [1.165, 1.54) is 13.2 Å². The average Bonchev–Trinajstić information content (AvgIpc) is 2.89. The van der Waals surface area contributed by atoms with Crippen molar-refractivity contribution in [3.05, 3.63) is 23.5 Å². The van der Waals surface area contributed by atoms with Gasteiger partial charge in [-0.1, -0.05) is 0 Å². The van der Waals surface area contributed by atoms with Crippen molar-refractivity contribution in [3.63, 3.8) is 0 Å². The predicted molar refractivity (Wildman–Crippen MR) is 94.6 cm³/mol. The molecule has 2 aliphatic heterocycles. The molecule has 3 bridgehead atoms. The van der Waals surface area contributed by atoms with Gasteiger partial charge in [0, 0.05) is 35.7 Å². The molecule has 1 N–H and O–H groups in total. The predicted octanol–water partition coefficient (Wildman–Crippen LogP) is 1.92. The Bertz CT molecular complexity index is 770. The van der Waals surface area contributed by atoms with E-state index in [9.17, 15) is 14.4 Å². The highest BCUT2D eigenvalue weighted by Crippen LogP contribution is 2.62. The van der Waals surface area contributed by atoms with E-state index in [0.717, 1.165) is 31.4 Å². The normalized spacial score (nSPS) is 41.8. The third-order valence-corrected chi connectivity index (χ3v) is 7.34. The van der Waals surface area contributed by atoms with Gasteiger partial charge in [0.15, 0.2) is 0 Å². The van der Waals surface area contributed by atoms with Crippen molar-refractivity contribution in [2.75, 3.05) is 7.11 Å². The molecule has 4 aliphatic rings. The molecule has 140 valence electrons. The van der Waals surface area contributed by atoms with Crippen LogP contribution in [-0.2, 0) is 19.1 Å². The maximum atomic E-state index is 12.7. The standard InChI is InChI=1S/C20H26N2O4/c1-11(23)21-20(3)12-5-6-19(2)13(7-12)8-14(20)15-9-17(24)16(22(15)19)10-18(25)26-4/h9-10,12-14H,5-8H2,1-4H3,(H,21,23). The minimum Gasteiger partial charge on any atom is -0.466 e. The molecule has 2 heterocycles. The zero-order chi connectivity index (χ0) is 18.9. The van der Waals surface area contributed by atoms with Gasteiger partial charge in [-0.25, -0.2) is 4.79 Å². The Kier molecular flexibility index (Phi) is 3.62. The Morgan fingerprint density at radius 1 is 1.31 bits per heavy atom. The second-order valence-corrected chi connectivity index (χ2v) is 8.60. The molecule has 6 nitrogen and oxygen atoms in total. The number of nitrogens with one attached hydrogen (secondary N) is 1. The van der Waals surface area contributed by atoms with Crippen molar-refractivity contribution in [2.24, 2.45) is 17.8 Å². The quantitative estimate of drug-likeness (QED) is 0.603. The topological polar surface area (TPSA) is 75.7 Å². The van der Waals surface area contributed by atoms with Crippen LogP contribution in [0.2, 0.25) is 0 Å². The monoisotopic (exact) mass is 358 g/mol. The second-order valence-electron chi connectivity index (χ2n) is 8.60. The number of hydrogen-bond donors (Lipinski definition) is 1. The minimum absolute atomic E-state index is 0.0355. The number of carbonyl (C=O) groups excluding carboxylic acids is 3. The van der Waals surface area contributed by atoms with Crippen LogP contribution in [0.15, 0.2) is 23.5 Å². The lowest BCUT2D eigenvalue weighted by molar-refractivity contribution is -0.135. The van der Waals surface area contributed by atoms with Gasteiger partial charge in [-0.15, -0.1) is 0 Å². The highest BCUT2D eigenvalue weighted by Gasteiger charge is 2.63. The lowest BCUT2D eigenvalue weighted by Gasteiger charge is -2.66. The zero-order valence-corrected chi connectivity index (χ0v) is 15.8. The summed E-state index contributed by atoms with van der Waals surface area (Å²) < 4.78 is 4.77.